The van der Waals surface area contributed by atoms with E-state index in [1.54, 1.807) is 25.1 Å². The molecule has 1 fully saturated rings. The minimum absolute atomic E-state index is 0.160. The van der Waals surface area contributed by atoms with Gasteiger partial charge < -0.3 is 19.5 Å². The summed E-state index contributed by atoms with van der Waals surface area (Å²) in [7, 11) is 0. The highest BCUT2D eigenvalue weighted by Crippen LogP contribution is 2.34. The van der Waals surface area contributed by atoms with Gasteiger partial charge in [-0.25, -0.2) is 0 Å². The number of rotatable bonds is 10. The number of ether oxygens (including phenoxy) is 3. The number of benzene rings is 2. The Bertz CT molecular complexity index is 1160. The minimum Gasteiger partial charge on any atom is -0.490 e. The van der Waals surface area contributed by atoms with Crippen LogP contribution < -0.4 is 14.8 Å². The highest BCUT2D eigenvalue weighted by molar-refractivity contribution is 8.18. The molecule has 184 valence electrons. The molecule has 0 aromatic heterocycles. The largest absolute Gasteiger partial charge is 0.490 e. The standard InChI is InChI=1S/C25H26N2O7S/c1-4-32-20-12-17(13-21-24(30)27(25(31)35-21)14-23(29)33-5-2)10-11-19(20)34-15-22(28)26-18-9-7-6-8-16(18)3/h6-13H,4-5,14-15H2,1-3H3,(H,26,28)/b21-13-. The Labute approximate surface area is 207 Å². The molecule has 1 aliphatic heterocycles. The molecule has 0 aliphatic carbocycles. The predicted octanol–water partition coefficient (Wildman–Crippen LogP) is 4.01. The molecule has 3 amide bonds. The fraction of sp³-hybridized carbons (Fsp3) is 0.280. The zero-order chi connectivity index (χ0) is 25.4. The van der Waals surface area contributed by atoms with E-state index in [-0.39, 0.29) is 24.0 Å². The van der Waals surface area contributed by atoms with Crippen LogP contribution in [-0.4, -0.2) is 54.3 Å². The van der Waals surface area contributed by atoms with E-state index < -0.39 is 23.7 Å². The lowest BCUT2D eigenvalue weighted by molar-refractivity contribution is -0.146. The molecule has 10 heteroatoms. The molecule has 1 aliphatic rings. The number of amides is 3. The molecule has 0 spiro atoms. The van der Waals surface area contributed by atoms with E-state index in [1.165, 1.54) is 6.08 Å². The lowest BCUT2D eigenvalue weighted by Gasteiger charge is -2.13. The zero-order valence-corrected chi connectivity index (χ0v) is 20.5. The number of nitrogens with zero attached hydrogens (tertiary/aromatic N) is 1. The number of esters is 1. The molecule has 0 radical (unpaired) electrons. The van der Waals surface area contributed by atoms with Gasteiger partial charge >= 0.3 is 5.97 Å². The molecule has 2 aromatic rings. The van der Waals surface area contributed by atoms with Gasteiger partial charge in [0.05, 0.1) is 18.1 Å². The zero-order valence-electron chi connectivity index (χ0n) is 19.7. The number of thioether (sulfide) groups is 1. The van der Waals surface area contributed by atoms with E-state index in [9.17, 15) is 19.2 Å². The molecule has 1 saturated heterocycles. The van der Waals surface area contributed by atoms with E-state index in [1.807, 2.05) is 38.1 Å². The second kappa shape index (κ2) is 12.1. The number of imide groups is 1. The van der Waals surface area contributed by atoms with Crippen LogP contribution in [0.2, 0.25) is 0 Å². The molecular formula is C25H26N2O7S. The van der Waals surface area contributed by atoms with Gasteiger partial charge in [0.15, 0.2) is 18.1 Å². The van der Waals surface area contributed by atoms with Crippen molar-refractivity contribution in [3.8, 4) is 11.5 Å². The van der Waals surface area contributed by atoms with Crippen molar-refractivity contribution in [3.63, 3.8) is 0 Å². The van der Waals surface area contributed by atoms with Crippen LogP contribution in [0.15, 0.2) is 47.4 Å². The Morgan fingerprint density at radius 2 is 1.80 bits per heavy atom. The van der Waals surface area contributed by atoms with E-state index >= 15 is 0 Å². The summed E-state index contributed by atoms with van der Waals surface area (Å²) in [6.07, 6.45) is 1.53. The van der Waals surface area contributed by atoms with Crippen molar-refractivity contribution in [2.24, 2.45) is 0 Å². The summed E-state index contributed by atoms with van der Waals surface area (Å²) >= 11 is 0.742. The van der Waals surface area contributed by atoms with Crippen LogP contribution in [0.3, 0.4) is 0 Å². The van der Waals surface area contributed by atoms with Gasteiger partial charge in [0.2, 0.25) is 0 Å². The number of anilines is 1. The first-order chi connectivity index (χ1) is 16.8. The normalized spacial score (nSPS) is 14.3. The van der Waals surface area contributed by atoms with E-state index in [2.05, 4.69) is 5.32 Å². The number of para-hydroxylation sites is 1. The molecule has 3 rings (SSSR count). The van der Waals surface area contributed by atoms with Crippen molar-refractivity contribution < 1.29 is 33.4 Å². The fourth-order valence-corrected chi connectivity index (χ4v) is 4.01. The summed E-state index contributed by atoms with van der Waals surface area (Å²) < 4.78 is 16.1. The van der Waals surface area contributed by atoms with Crippen molar-refractivity contribution in [3.05, 3.63) is 58.5 Å². The van der Waals surface area contributed by atoms with Gasteiger partial charge in [-0.3, -0.25) is 24.1 Å². The summed E-state index contributed by atoms with van der Waals surface area (Å²) in [4.78, 5) is 49.8. The van der Waals surface area contributed by atoms with E-state index in [4.69, 9.17) is 14.2 Å². The van der Waals surface area contributed by atoms with Crippen molar-refractivity contribution >= 4 is 46.5 Å². The van der Waals surface area contributed by atoms with Gasteiger partial charge in [0, 0.05) is 5.69 Å². The Kier molecular flexibility index (Phi) is 8.91. The average Bonchev–Trinajstić information content (AvgIpc) is 3.07. The minimum atomic E-state index is -0.650. The van der Waals surface area contributed by atoms with Crippen LogP contribution in [0.1, 0.15) is 25.0 Å². The van der Waals surface area contributed by atoms with Crippen molar-refractivity contribution in [1.29, 1.82) is 0 Å². The Hall–Kier alpha value is -3.79. The number of carbonyl (C=O) groups excluding carboxylic acids is 4. The number of carbonyl (C=O) groups is 4. The maximum Gasteiger partial charge on any atom is 0.326 e. The summed E-state index contributed by atoms with van der Waals surface area (Å²) in [5.41, 5.74) is 2.23. The number of hydrogen-bond donors (Lipinski definition) is 1. The molecule has 2 aromatic carbocycles. The van der Waals surface area contributed by atoms with Crippen LogP contribution in [-0.2, 0) is 19.1 Å². The topological polar surface area (TPSA) is 111 Å². The quantitative estimate of drug-likeness (QED) is 0.386. The summed E-state index contributed by atoms with van der Waals surface area (Å²) in [6, 6.07) is 12.4. The van der Waals surface area contributed by atoms with Gasteiger partial charge in [-0.1, -0.05) is 24.3 Å². The second-order valence-corrected chi connectivity index (χ2v) is 8.36. The van der Waals surface area contributed by atoms with Gasteiger partial charge in [-0.05, 0) is 67.9 Å². The molecule has 9 nitrogen and oxygen atoms in total. The van der Waals surface area contributed by atoms with E-state index in [0.29, 0.717) is 29.4 Å². The van der Waals surface area contributed by atoms with E-state index in [0.717, 1.165) is 22.2 Å². The van der Waals surface area contributed by atoms with Crippen LogP contribution in [0.25, 0.3) is 6.08 Å². The molecule has 0 unspecified atom stereocenters. The molecule has 35 heavy (non-hydrogen) atoms. The summed E-state index contributed by atoms with van der Waals surface area (Å²) in [5.74, 6) is -0.794. The Balaban J connectivity index is 1.70. The first kappa shape index (κ1) is 25.8. The predicted molar refractivity (Wildman–Crippen MR) is 132 cm³/mol. The van der Waals surface area contributed by atoms with Crippen LogP contribution in [0.5, 0.6) is 11.5 Å². The molecule has 0 bridgehead atoms. The highest BCUT2D eigenvalue weighted by Gasteiger charge is 2.36. The molecule has 0 saturated carbocycles. The first-order valence-corrected chi connectivity index (χ1v) is 11.8. The second-order valence-electron chi connectivity index (χ2n) is 7.36. The lowest BCUT2D eigenvalue weighted by atomic mass is 10.2. The number of aryl methyl sites for hydroxylation is 1. The third-order valence-corrected chi connectivity index (χ3v) is 5.72. The van der Waals surface area contributed by atoms with Gasteiger partial charge in [0.25, 0.3) is 17.1 Å². The molecule has 1 heterocycles. The van der Waals surface area contributed by atoms with Crippen molar-refractivity contribution in [1.82, 2.24) is 4.90 Å². The first-order valence-electron chi connectivity index (χ1n) is 11.0. The number of nitrogens with one attached hydrogen (secondary N) is 1. The monoisotopic (exact) mass is 498 g/mol. The molecular weight excluding hydrogens is 472 g/mol. The van der Waals surface area contributed by atoms with Crippen molar-refractivity contribution in [2.45, 2.75) is 20.8 Å². The maximum atomic E-state index is 12.6. The van der Waals surface area contributed by atoms with Crippen LogP contribution >= 0.6 is 11.8 Å². The van der Waals surface area contributed by atoms with Crippen LogP contribution in [0.4, 0.5) is 10.5 Å². The SMILES string of the molecule is CCOC(=O)CN1C(=O)S/C(=C\c2ccc(OCC(=O)Nc3ccccc3C)c(OCC)c2)C1=O. The van der Waals surface area contributed by atoms with Gasteiger partial charge in [-0.2, -0.15) is 0 Å². The Morgan fingerprint density at radius 3 is 2.51 bits per heavy atom. The molecule has 0 atom stereocenters. The smallest absolute Gasteiger partial charge is 0.326 e. The van der Waals surface area contributed by atoms with Crippen molar-refractivity contribution in [2.75, 3.05) is 31.7 Å². The fourth-order valence-electron chi connectivity index (χ4n) is 3.17. The lowest BCUT2D eigenvalue weighted by Crippen LogP contribution is -2.34. The van der Waals surface area contributed by atoms with Gasteiger partial charge in [0.1, 0.15) is 6.54 Å². The van der Waals surface area contributed by atoms with Gasteiger partial charge in [-0.15, -0.1) is 0 Å². The molecule has 1 N–H and O–H groups in total. The number of hydrogen-bond acceptors (Lipinski definition) is 8. The Morgan fingerprint density at radius 1 is 1.03 bits per heavy atom. The maximum absolute atomic E-state index is 12.6. The average molecular weight is 499 g/mol. The highest BCUT2D eigenvalue weighted by atomic mass is 32.2. The summed E-state index contributed by atoms with van der Waals surface area (Å²) in [5, 5.41) is 2.26. The third kappa shape index (κ3) is 6.86. The van der Waals surface area contributed by atoms with Crippen LogP contribution in [0, 0.1) is 6.92 Å². The summed E-state index contributed by atoms with van der Waals surface area (Å²) in [6.45, 7) is 5.21. The third-order valence-electron chi connectivity index (χ3n) is 4.81.